The summed E-state index contributed by atoms with van der Waals surface area (Å²) in [5, 5.41) is 12.9. The fourth-order valence-corrected chi connectivity index (χ4v) is 3.54. The van der Waals surface area contributed by atoms with Crippen LogP contribution in [0.2, 0.25) is 5.02 Å². The highest BCUT2D eigenvalue weighted by Crippen LogP contribution is 2.21. The van der Waals surface area contributed by atoms with E-state index in [1.807, 2.05) is 6.92 Å². The zero-order chi connectivity index (χ0) is 20.5. The molecule has 1 aromatic heterocycles. The zero-order valence-electron chi connectivity index (χ0n) is 14.5. The molecule has 12 heteroatoms. The first-order valence-electron chi connectivity index (χ1n) is 7.97. The highest BCUT2D eigenvalue weighted by Gasteiger charge is 2.17. The third-order valence-electron chi connectivity index (χ3n) is 3.87. The molecule has 0 radical (unpaired) electrons. The number of carbonyl (C=O) groups excluding carboxylic acids is 2. The quantitative estimate of drug-likeness (QED) is 0.530. The number of rotatable bonds is 4. The van der Waals surface area contributed by atoms with Crippen molar-refractivity contribution in [3.8, 4) is 0 Å². The summed E-state index contributed by atoms with van der Waals surface area (Å²) in [6.45, 7) is 2.56. The second kappa shape index (κ2) is 7.54. The van der Waals surface area contributed by atoms with Crippen LogP contribution in [0.15, 0.2) is 41.3 Å². The van der Waals surface area contributed by atoms with Gasteiger partial charge in [-0.15, -0.1) is 5.10 Å². The van der Waals surface area contributed by atoms with Crippen LogP contribution in [-0.4, -0.2) is 35.2 Å². The van der Waals surface area contributed by atoms with Crippen molar-refractivity contribution in [3.05, 3.63) is 52.5 Å². The number of hydrazine groups is 1. The van der Waals surface area contributed by atoms with Crippen molar-refractivity contribution in [3.63, 3.8) is 0 Å². The predicted molar refractivity (Wildman–Crippen MR) is 101 cm³/mol. The molecule has 0 unspecified atom stereocenters. The van der Waals surface area contributed by atoms with Crippen LogP contribution in [0.4, 0.5) is 0 Å². The number of aryl methyl sites for hydroxylation is 1. The van der Waals surface area contributed by atoms with Gasteiger partial charge in [0.25, 0.3) is 11.8 Å². The Morgan fingerprint density at radius 2 is 1.71 bits per heavy atom. The number of nitrogens with zero attached hydrogens (tertiary/aromatic N) is 3. The fraction of sp³-hybridized carbons (Fsp3) is 0.125. The average molecular weight is 423 g/mol. The summed E-state index contributed by atoms with van der Waals surface area (Å²) in [6.07, 6.45) is 0. The van der Waals surface area contributed by atoms with Crippen LogP contribution in [0, 0.1) is 0 Å². The van der Waals surface area contributed by atoms with Gasteiger partial charge < -0.3 is 0 Å². The largest absolute Gasteiger partial charge is 0.269 e. The first kappa shape index (κ1) is 19.7. The van der Waals surface area contributed by atoms with Gasteiger partial charge in [-0.2, -0.15) is 0 Å². The first-order chi connectivity index (χ1) is 13.2. The van der Waals surface area contributed by atoms with Gasteiger partial charge in [-0.05, 0) is 43.3 Å². The average Bonchev–Trinajstić information content (AvgIpc) is 3.07. The molecule has 0 spiro atoms. The third-order valence-corrected chi connectivity index (χ3v) is 5.26. The maximum atomic E-state index is 12.3. The highest BCUT2D eigenvalue weighted by atomic mass is 35.5. The topological polar surface area (TPSA) is 149 Å². The molecule has 0 aliphatic carbocycles. The van der Waals surface area contributed by atoms with Crippen molar-refractivity contribution in [1.82, 2.24) is 25.8 Å². The Bertz CT molecular complexity index is 1190. The number of benzene rings is 2. The van der Waals surface area contributed by atoms with E-state index in [1.54, 1.807) is 16.8 Å². The van der Waals surface area contributed by atoms with Gasteiger partial charge >= 0.3 is 0 Å². The van der Waals surface area contributed by atoms with Gasteiger partial charge in [0.1, 0.15) is 10.4 Å². The van der Waals surface area contributed by atoms with Crippen molar-refractivity contribution in [2.75, 3.05) is 0 Å². The number of sulfonamides is 1. The molecule has 146 valence electrons. The van der Waals surface area contributed by atoms with E-state index in [9.17, 15) is 18.0 Å². The van der Waals surface area contributed by atoms with Crippen LogP contribution in [0.1, 0.15) is 27.6 Å². The van der Waals surface area contributed by atoms with Crippen molar-refractivity contribution in [2.24, 2.45) is 5.14 Å². The monoisotopic (exact) mass is 422 g/mol. The first-order valence-corrected chi connectivity index (χ1v) is 9.89. The number of hydrogen-bond donors (Lipinski definition) is 3. The maximum absolute atomic E-state index is 12.3. The van der Waals surface area contributed by atoms with Gasteiger partial charge in [-0.25, -0.2) is 18.2 Å². The molecule has 0 bridgehead atoms. The molecule has 10 nitrogen and oxygen atoms in total. The molecule has 28 heavy (non-hydrogen) atoms. The van der Waals surface area contributed by atoms with Crippen LogP contribution >= 0.6 is 11.6 Å². The maximum Gasteiger partial charge on any atom is 0.269 e. The second-order valence-electron chi connectivity index (χ2n) is 5.71. The molecule has 0 atom stereocenters. The number of nitrogens with one attached hydrogen (secondary N) is 2. The van der Waals surface area contributed by atoms with E-state index in [2.05, 4.69) is 21.2 Å². The Kier molecular flexibility index (Phi) is 5.31. The lowest BCUT2D eigenvalue weighted by Gasteiger charge is -2.09. The van der Waals surface area contributed by atoms with Crippen LogP contribution in [-0.2, 0) is 16.6 Å². The molecule has 0 fully saturated rings. The van der Waals surface area contributed by atoms with E-state index in [-0.39, 0.29) is 16.1 Å². The van der Waals surface area contributed by atoms with Gasteiger partial charge in [0, 0.05) is 17.7 Å². The molecule has 4 N–H and O–H groups in total. The number of primary sulfonamides is 1. The Hall–Kier alpha value is -3.02. The number of amides is 2. The summed E-state index contributed by atoms with van der Waals surface area (Å²) in [4.78, 5) is 24.1. The lowest BCUT2D eigenvalue weighted by Crippen LogP contribution is -2.41. The van der Waals surface area contributed by atoms with Crippen LogP contribution in [0.5, 0.6) is 0 Å². The SMILES string of the molecule is CCn1nnc2cc(C(=O)NNC(=O)c3ccc(Cl)c(S(N)(=O)=O)c3)ccc21. The van der Waals surface area contributed by atoms with E-state index >= 15 is 0 Å². The summed E-state index contributed by atoms with van der Waals surface area (Å²) in [5.74, 6) is -1.32. The molecule has 1 heterocycles. The number of aromatic nitrogens is 3. The van der Waals surface area contributed by atoms with E-state index in [1.165, 1.54) is 18.2 Å². The van der Waals surface area contributed by atoms with Crippen molar-refractivity contribution in [2.45, 2.75) is 18.4 Å². The Balaban J connectivity index is 1.73. The van der Waals surface area contributed by atoms with E-state index in [0.717, 1.165) is 11.6 Å². The minimum absolute atomic E-state index is 0.0462. The van der Waals surface area contributed by atoms with Gasteiger partial charge in [0.2, 0.25) is 10.0 Å². The van der Waals surface area contributed by atoms with Crippen LogP contribution < -0.4 is 16.0 Å². The molecular formula is C16H15ClN6O4S. The molecule has 3 rings (SSSR count). The molecule has 2 amide bonds. The molecule has 0 saturated carbocycles. The molecule has 0 aliphatic rings. The Labute approximate surface area is 164 Å². The number of carbonyl (C=O) groups is 2. The summed E-state index contributed by atoms with van der Waals surface area (Å²) in [7, 11) is -4.10. The van der Waals surface area contributed by atoms with Gasteiger partial charge in [0.15, 0.2) is 0 Å². The fourth-order valence-electron chi connectivity index (χ4n) is 2.47. The third kappa shape index (κ3) is 3.96. The van der Waals surface area contributed by atoms with Crippen molar-refractivity contribution >= 4 is 44.5 Å². The molecular weight excluding hydrogens is 408 g/mol. The molecule has 3 aromatic rings. The zero-order valence-corrected chi connectivity index (χ0v) is 16.1. The lowest BCUT2D eigenvalue weighted by molar-refractivity contribution is 0.0846. The summed E-state index contributed by atoms with van der Waals surface area (Å²) in [5.41, 5.74) is 5.98. The van der Waals surface area contributed by atoms with Crippen LogP contribution in [0.3, 0.4) is 0 Å². The van der Waals surface area contributed by atoms with E-state index in [0.29, 0.717) is 12.1 Å². The number of nitrogens with two attached hydrogens (primary N) is 1. The van der Waals surface area contributed by atoms with E-state index < -0.39 is 26.7 Å². The number of hydrogen-bond acceptors (Lipinski definition) is 6. The molecule has 2 aromatic carbocycles. The van der Waals surface area contributed by atoms with Gasteiger partial charge in [-0.1, -0.05) is 16.8 Å². The standard InChI is InChI=1S/C16H15ClN6O4S/c1-2-23-13-6-4-9(7-12(13)19-22-23)15(24)20-21-16(25)10-3-5-11(17)14(8-10)28(18,26)27/h3-8H,2H2,1H3,(H,20,24)(H,21,25)(H2,18,26,27). The summed E-state index contributed by atoms with van der Waals surface area (Å²) in [6, 6.07) is 8.36. The van der Waals surface area contributed by atoms with Crippen molar-refractivity contribution in [1.29, 1.82) is 0 Å². The summed E-state index contributed by atoms with van der Waals surface area (Å²) >= 11 is 5.78. The summed E-state index contributed by atoms with van der Waals surface area (Å²) < 4.78 is 24.7. The normalized spacial score (nSPS) is 11.4. The highest BCUT2D eigenvalue weighted by molar-refractivity contribution is 7.89. The lowest BCUT2D eigenvalue weighted by atomic mass is 10.2. The van der Waals surface area contributed by atoms with Gasteiger partial charge in [-0.3, -0.25) is 20.4 Å². The van der Waals surface area contributed by atoms with E-state index in [4.69, 9.17) is 16.7 Å². The van der Waals surface area contributed by atoms with Crippen molar-refractivity contribution < 1.29 is 18.0 Å². The second-order valence-corrected chi connectivity index (χ2v) is 7.64. The molecule has 0 saturated heterocycles. The predicted octanol–water partition coefficient (Wildman–Crippen LogP) is 0.827. The number of halogens is 1. The minimum atomic E-state index is -4.10. The molecule has 0 aliphatic heterocycles. The minimum Gasteiger partial charge on any atom is -0.267 e. The van der Waals surface area contributed by atoms with Crippen LogP contribution in [0.25, 0.3) is 11.0 Å². The van der Waals surface area contributed by atoms with Gasteiger partial charge in [0.05, 0.1) is 10.5 Å². The Morgan fingerprint density at radius 3 is 2.32 bits per heavy atom. The Morgan fingerprint density at radius 1 is 1.11 bits per heavy atom. The smallest absolute Gasteiger partial charge is 0.267 e. The number of fused-ring (bicyclic) bond motifs is 1.